The van der Waals surface area contributed by atoms with Crippen molar-refractivity contribution in [1.29, 1.82) is 0 Å². The van der Waals surface area contributed by atoms with E-state index in [9.17, 15) is 4.79 Å². The molecule has 0 aliphatic heterocycles. The van der Waals surface area contributed by atoms with Gasteiger partial charge in [0.25, 0.3) is 5.56 Å². The molecule has 8 heteroatoms. The SMILES string of the molecule is CC(C)n1nc(-c2c(NCc3ccccn3)nc(N)nc2-c2ccccc2)ccc1=O. The quantitative estimate of drug-likeness (QED) is 0.497. The minimum atomic E-state index is -0.167. The van der Waals surface area contributed by atoms with E-state index in [-0.39, 0.29) is 17.5 Å². The highest BCUT2D eigenvalue weighted by atomic mass is 16.1. The Balaban J connectivity index is 1.89. The van der Waals surface area contributed by atoms with Crippen LogP contribution >= 0.6 is 0 Å². The lowest BCUT2D eigenvalue weighted by Gasteiger charge is -2.17. The number of pyridine rings is 1. The summed E-state index contributed by atoms with van der Waals surface area (Å²) in [5, 5.41) is 7.92. The molecular formula is C23H23N7O. The third-order valence-corrected chi connectivity index (χ3v) is 4.71. The van der Waals surface area contributed by atoms with Gasteiger partial charge in [0.15, 0.2) is 0 Å². The number of hydrogen-bond acceptors (Lipinski definition) is 7. The van der Waals surface area contributed by atoms with Crippen LogP contribution in [-0.4, -0.2) is 24.7 Å². The second-order valence-corrected chi connectivity index (χ2v) is 7.29. The van der Waals surface area contributed by atoms with E-state index in [0.29, 0.717) is 29.3 Å². The van der Waals surface area contributed by atoms with Crippen LogP contribution in [0, 0.1) is 0 Å². The first-order valence-electron chi connectivity index (χ1n) is 10.00. The molecule has 8 nitrogen and oxygen atoms in total. The number of benzene rings is 1. The van der Waals surface area contributed by atoms with Crippen LogP contribution in [-0.2, 0) is 6.54 Å². The van der Waals surface area contributed by atoms with E-state index in [1.807, 2.05) is 62.4 Å². The third kappa shape index (κ3) is 4.42. The molecule has 3 heterocycles. The van der Waals surface area contributed by atoms with Crippen LogP contribution in [0.1, 0.15) is 25.6 Å². The summed E-state index contributed by atoms with van der Waals surface area (Å²) in [7, 11) is 0. The number of aromatic nitrogens is 5. The molecule has 4 rings (SSSR count). The molecule has 0 aliphatic rings. The van der Waals surface area contributed by atoms with Gasteiger partial charge in [-0.25, -0.2) is 9.67 Å². The monoisotopic (exact) mass is 413 g/mol. The first kappa shape index (κ1) is 20.2. The highest BCUT2D eigenvalue weighted by Crippen LogP contribution is 2.35. The molecule has 1 aromatic carbocycles. The van der Waals surface area contributed by atoms with E-state index >= 15 is 0 Å². The summed E-state index contributed by atoms with van der Waals surface area (Å²) >= 11 is 0. The van der Waals surface area contributed by atoms with Crippen molar-refractivity contribution in [2.24, 2.45) is 0 Å². The second kappa shape index (κ2) is 8.74. The van der Waals surface area contributed by atoms with Crippen LogP contribution in [0.2, 0.25) is 0 Å². The Labute approximate surface area is 179 Å². The summed E-state index contributed by atoms with van der Waals surface area (Å²) in [4.78, 5) is 25.6. The number of nitrogens with zero attached hydrogens (tertiary/aromatic N) is 5. The molecule has 3 aromatic heterocycles. The summed E-state index contributed by atoms with van der Waals surface area (Å²) in [6, 6.07) is 18.5. The van der Waals surface area contributed by atoms with Gasteiger partial charge in [-0.2, -0.15) is 10.1 Å². The number of nitrogens with one attached hydrogen (secondary N) is 1. The highest BCUT2D eigenvalue weighted by molar-refractivity contribution is 5.87. The van der Waals surface area contributed by atoms with Gasteiger partial charge in [-0.1, -0.05) is 36.4 Å². The smallest absolute Gasteiger partial charge is 0.267 e. The Morgan fingerprint density at radius 3 is 2.48 bits per heavy atom. The molecule has 0 amide bonds. The summed E-state index contributed by atoms with van der Waals surface area (Å²) in [6.45, 7) is 4.27. The van der Waals surface area contributed by atoms with Gasteiger partial charge < -0.3 is 11.1 Å². The van der Waals surface area contributed by atoms with Gasteiger partial charge in [0.2, 0.25) is 5.95 Å². The van der Waals surface area contributed by atoms with Gasteiger partial charge in [-0.3, -0.25) is 9.78 Å². The number of hydrogen-bond donors (Lipinski definition) is 2. The fourth-order valence-corrected chi connectivity index (χ4v) is 3.26. The third-order valence-electron chi connectivity index (χ3n) is 4.71. The maximum Gasteiger partial charge on any atom is 0.267 e. The molecule has 4 aromatic rings. The van der Waals surface area contributed by atoms with Gasteiger partial charge in [0, 0.05) is 17.8 Å². The van der Waals surface area contributed by atoms with E-state index in [1.165, 1.54) is 10.7 Å². The van der Waals surface area contributed by atoms with Crippen molar-refractivity contribution in [2.45, 2.75) is 26.4 Å². The molecule has 3 N–H and O–H groups in total. The minimum Gasteiger partial charge on any atom is -0.368 e. The standard InChI is InChI=1S/C23H23N7O/c1-15(2)30-19(31)12-11-18(29-30)20-21(16-8-4-3-5-9-16)27-23(24)28-22(20)26-14-17-10-6-7-13-25-17/h3-13,15H,14H2,1-2H3,(H3,24,26,27,28). The van der Waals surface area contributed by atoms with Crippen LogP contribution in [0.25, 0.3) is 22.5 Å². The van der Waals surface area contributed by atoms with Crippen molar-refractivity contribution < 1.29 is 0 Å². The maximum atomic E-state index is 12.3. The van der Waals surface area contributed by atoms with Crippen LogP contribution in [0.5, 0.6) is 0 Å². The van der Waals surface area contributed by atoms with E-state index in [1.54, 1.807) is 12.3 Å². The normalized spacial score (nSPS) is 10.9. The Bertz CT molecular complexity index is 1240. The number of nitrogens with two attached hydrogens (primary N) is 1. The van der Waals surface area contributed by atoms with Crippen LogP contribution in [0.15, 0.2) is 71.7 Å². The van der Waals surface area contributed by atoms with Crippen molar-refractivity contribution >= 4 is 11.8 Å². The molecule has 0 atom stereocenters. The first-order valence-corrected chi connectivity index (χ1v) is 10.00. The fraction of sp³-hybridized carbons (Fsp3) is 0.174. The van der Waals surface area contributed by atoms with E-state index in [2.05, 4.69) is 25.4 Å². The van der Waals surface area contributed by atoms with Gasteiger partial charge >= 0.3 is 0 Å². The summed E-state index contributed by atoms with van der Waals surface area (Å²) in [6.07, 6.45) is 1.74. The molecule has 0 saturated carbocycles. The lowest BCUT2D eigenvalue weighted by Crippen LogP contribution is -2.24. The molecular weight excluding hydrogens is 390 g/mol. The lowest BCUT2D eigenvalue weighted by atomic mass is 10.0. The topological polar surface area (TPSA) is 112 Å². The Kier molecular flexibility index (Phi) is 5.70. The van der Waals surface area contributed by atoms with Crippen LogP contribution < -0.4 is 16.6 Å². The predicted molar refractivity (Wildman–Crippen MR) is 121 cm³/mol. The van der Waals surface area contributed by atoms with Crippen molar-refractivity contribution in [2.75, 3.05) is 11.1 Å². The molecule has 0 spiro atoms. The van der Waals surface area contributed by atoms with Gasteiger partial charge in [-0.05, 0) is 32.0 Å². The van der Waals surface area contributed by atoms with Crippen molar-refractivity contribution in [3.05, 3.63) is 82.9 Å². The van der Waals surface area contributed by atoms with Crippen molar-refractivity contribution in [1.82, 2.24) is 24.7 Å². The largest absolute Gasteiger partial charge is 0.368 e. The van der Waals surface area contributed by atoms with E-state index in [4.69, 9.17) is 5.73 Å². The molecule has 31 heavy (non-hydrogen) atoms. The van der Waals surface area contributed by atoms with Gasteiger partial charge in [0.1, 0.15) is 5.82 Å². The number of nitrogen functional groups attached to an aromatic ring is 1. The molecule has 0 unspecified atom stereocenters. The average molecular weight is 413 g/mol. The Morgan fingerprint density at radius 1 is 1.00 bits per heavy atom. The predicted octanol–water partition coefficient (Wildman–Crippen LogP) is 3.54. The summed E-state index contributed by atoms with van der Waals surface area (Å²) in [5.74, 6) is 0.668. The fourth-order valence-electron chi connectivity index (χ4n) is 3.26. The molecule has 0 aliphatic carbocycles. The molecule has 0 saturated heterocycles. The van der Waals surface area contributed by atoms with Crippen LogP contribution in [0.3, 0.4) is 0 Å². The van der Waals surface area contributed by atoms with Gasteiger partial charge in [-0.15, -0.1) is 0 Å². The zero-order valence-corrected chi connectivity index (χ0v) is 17.4. The maximum absolute atomic E-state index is 12.3. The van der Waals surface area contributed by atoms with Crippen molar-refractivity contribution in [3.63, 3.8) is 0 Å². The first-order chi connectivity index (χ1) is 15.0. The zero-order chi connectivity index (χ0) is 21.8. The minimum absolute atomic E-state index is 0.0905. The number of anilines is 2. The summed E-state index contributed by atoms with van der Waals surface area (Å²) in [5.41, 5.74) is 9.51. The molecule has 0 fully saturated rings. The summed E-state index contributed by atoms with van der Waals surface area (Å²) < 4.78 is 1.45. The Morgan fingerprint density at radius 2 is 1.77 bits per heavy atom. The lowest BCUT2D eigenvalue weighted by molar-refractivity contribution is 0.505. The highest BCUT2D eigenvalue weighted by Gasteiger charge is 2.19. The second-order valence-electron chi connectivity index (χ2n) is 7.29. The van der Waals surface area contributed by atoms with Gasteiger partial charge in [0.05, 0.1) is 35.2 Å². The van der Waals surface area contributed by atoms with E-state index in [0.717, 1.165) is 11.3 Å². The zero-order valence-electron chi connectivity index (χ0n) is 17.4. The number of rotatable bonds is 6. The average Bonchev–Trinajstić information content (AvgIpc) is 2.79. The Hall–Kier alpha value is -4.07. The molecule has 0 bridgehead atoms. The molecule has 156 valence electrons. The molecule has 0 radical (unpaired) electrons. The van der Waals surface area contributed by atoms with Crippen molar-refractivity contribution in [3.8, 4) is 22.5 Å². The van der Waals surface area contributed by atoms with E-state index < -0.39 is 0 Å². The van der Waals surface area contributed by atoms with Crippen LogP contribution in [0.4, 0.5) is 11.8 Å².